The highest BCUT2D eigenvalue weighted by atomic mass is 35.6. The van der Waals surface area contributed by atoms with Crippen molar-refractivity contribution in [2.45, 2.75) is 7.59 Å². The van der Waals surface area contributed by atoms with E-state index in [4.69, 9.17) is 126 Å². The summed E-state index contributed by atoms with van der Waals surface area (Å²) >= 11 is 54.7. The molecule has 0 aliphatic carbocycles. The lowest BCUT2D eigenvalue weighted by molar-refractivity contribution is -0.847. The third kappa shape index (κ3) is 10.3. The topological polar surface area (TPSA) is 53.9 Å². The van der Waals surface area contributed by atoms with Crippen molar-refractivity contribution in [3.8, 4) is 0 Å². The molecule has 0 saturated carbocycles. The largest absolute Gasteiger partial charge is 0.867 e. The molecule has 0 amide bonds. The normalized spacial score (nSPS) is 11.2. The highest BCUT2D eigenvalue weighted by Crippen LogP contribution is 2.38. The van der Waals surface area contributed by atoms with Gasteiger partial charge in [0.05, 0.1) is 8.96 Å². The fourth-order valence-electron chi connectivity index (χ4n) is 1.38. The molecule has 2 aromatic rings. The van der Waals surface area contributed by atoms with Crippen molar-refractivity contribution in [1.82, 2.24) is 0 Å². The number of pyridine rings is 2. The zero-order valence-corrected chi connectivity index (χ0v) is 21.1. The maximum absolute atomic E-state index is 13.2. The smallest absolute Gasteiger partial charge is 0.340 e. The van der Waals surface area contributed by atoms with Gasteiger partial charge < -0.3 is 14.4 Å². The van der Waals surface area contributed by atoms with E-state index < -0.39 is 15.0 Å². The minimum absolute atomic E-state index is 0.0247. The van der Waals surface area contributed by atoms with E-state index in [1.54, 1.807) is 0 Å². The Kier molecular flexibility index (Phi) is 13.4. The minimum Gasteiger partial charge on any atom is -0.867 e. The summed E-state index contributed by atoms with van der Waals surface area (Å²) in [6.45, 7) is 0. The predicted octanol–water partition coefficient (Wildman–Crippen LogP) is 5.34. The molecule has 30 heavy (non-hydrogen) atoms. The van der Waals surface area contributed by atoms with Crippen molar-refractivity contribution < 1.29 is 32.9 Å². The molecular formula is C12H4BCl10F3N2O2. The molecule has 168 valence electrons. The molecule has 2 rings (SSSR count). The Balaban J connectivity index is 0.000000477. The maximum Gasteiger partial charge on any atom is 0.340 e. The summed E-state index contributed by atoms with van der Waals surface area (Å²) in [5, 5.41) is 16.0. The molecule has 4 nitrogen and oxygen atoms in total. The minimum atomic E-state index is -3.17. The van der Waals surface area contributed by atoms with Crippen molar-refractivity contribution in [2.75, 3.05) is 0 Å². The SMILES string of the molecule is F[n+]1c(C(Cl)(Cl)Cl)ccc(Cl)c1Cl.F[n+]1c(C(Cl)(Cl)Cl)ccc(Cl)c1Cl.[O-]B([O-])F. The molecule has 0 radical (unpaired) electrons. The molecule has 0 bridgehead atoms. The van der Waals surface area contributed by atoms with Crippen molar-refractivity contribution in [2.24, 2.45) is 0 Å². The van der Waals surface area contributed by atoms with Crippen LogP contribution in [0.1, 0.15) is 11.4 Å². The van der Waals surface area contributed by atoms with Gasteiger partial charge in [-0.1, -0.05) is 92.8 Å². The summed E-state index contributed by atoms with van der Waals surface area (Å²) in [6.07, 6.45) is 0. The second-order valence-corrected chi connectivity index (χ2v) is 10.6. The molecule has 0 aromatic carbocycles. The van der Waals surface area contributed by atoms with Gasteiger partial charge in [-0.3, -0.25) is 0 Å². The molecule has 0 N–H and O–H groups in total. The standard InChI is InChI=1S/2C6H2Cl5FN.BFO2/c2*7-3-1-2-4(6(9,10)11)13(12)5(3)8;2-1(3)4/h2*1-2H;/q2*+1;-2. The first-order chi connectivity index (χ1) is 13.4. The monoisotopic (exact) mass is 626 g/mol. The Labute approximate surface area is 218 Å². The molecular weight excluding hydrogens is 626 g/mol. The van der Waals surface area contributed by atoms with Crippen LogP contribution < -0.4 is 19.6 Å². The van der Waals surface area contributed by atoms with Crippen molar-refractivity contribution in [1.29, 1.82) is 0 Å². The Bertz CT molecular complexity index is 797. The van der Waals surface area contributed by atoms with Crippen LogP contribution in [0.25, 0.3) is 0 Å². The number of aromatic nitrogens is 2. The fraction of sp³-hybridized carbons (Fsp3) is 0.167. The van der Waals surface area contributed by atoms with Gasteiger partial charge in [-0.2, -0.15) is 0 Å². The lowest BCUT2D eigenvalue weighted by atomic mass is 10.3. The predicted molar refractivity (Wildman–Crippen MR) is 112 cm³/mol. The van der Waals surface area contributed by atoms with Crippen molar-refractivity contribution in [3.05, 3.63) is 56.0 Å². The van der Waals surface area contributed by atoms with E-state index in [1.807, 2.05) is 0 Å². The zero-order chi connectivity index (χ0) is 24.0. The lowest BCUT2D eigenvalue weighted by Gasteiger charge is -2.09. The third-order valence-electron chi connectivity index (χ3n) is 2.52. The average Bonchev–Trinajstić information content (AvgIpc) is 2.55. The Morgan fingerprint density at radius 2 is 0.900 bits per heavy atom. The van der Waals surface area contributed by atoms with Crippen LogP contribution in [0.15, 0.2) is 24.3 Å². The quantitative estimate of drug-likeness (QED) is 0.224. The molecule has 2 aromatic heterocycles. The number of rotatable bonds is 0. The molecule has 0 spiro atoms. The summed E-state index contributed by atoms with van der Waals surface area (Å²) in [6, 6.07) is 5.16. The highest BCUT2D eigenvalue weighted by Gasteiger charge is 2.38. The summed E-state index contributed by atoms with van der Waals surface area (Å²) in [5.74, 6) is 0. The molecule has 2 heterocycles. The summed E-state index contributed by atoms with van der Waals surface area (Å²) < 4.78 is 32.6. The molecule has 0 saturated heterocycles. The van der Waals surface area contributed by atoms with Crippen LogP contribution >= 0.6 is 116 Å². The first-order valence-electron chi connectivity index (χ1n) is 6.63. The van der Waals surface area contributed by atoms with Crippen molar-refractivity contribution >= 4 is 123 Å². The van der Waals surface area contributed by atoms with Gasteiger partial charge in [0.15, 0.2) is 0 Å². The van der Waals surface area contributed by atoms with Gasteiger partial charge >= 0.3 is 10.3 Å². The summed E-state index contributed by atoms with van der Waals surface area (Å²) in [4.78, 5) is 0.0494. The van der Waals surface area contributed by atoms with Gasteiger partial charge in [0, 0.05) is 21.7 Å². The molecule has 0 unspecified atom stereocenters. The summed E-state index contributed by atoms with van der Waals surface area (Å²) in [5.41, 5.74) is -0.404. The van der Waals surface area contributed by atoms with Crippen LogP contribution in [0.4, 0.5) is 13.3 Å². The van der Waals surface area contributed by atoms with E-state index in [9.17, 15) is 13.3 Å². The Morgan fingerprint density at radius 3 is 1.10 bits per heavy atom. The van der Waals surface area contributed by atoms with Crippen LogP contribution in [-0.4, -0.2) is 7.40 Å². The van der Waals surface area contributed by atoms with Crippen molar-refractivity contribution in [3.63, 3.8) is 0 Å². The van der Waals surface area contributed by atoms with Crippen LogP contribution in [0.2, 0.25) is 20.4 Å². The number of hydrogen-bond donors (Lipinski definition) is 0. The molecule has 0 fully saturated rings. The molecule has 18 heteroatoms. The first-order valence-corrected chi connectivity index (χ1v) is 10.4. The fourth-order valence-corrected chi connectivity index (χ4v) is 2.79. The van der Waals surface area contributed by atoms with Crippen LogP contribution in [-0.2, 0) is 7.59 Å². The van der Waals surface area contributed by atoms with Gasteiger partial charge in [0.1, 0.15) is 17.4 Å². The zero-order valence-electron chi connectivity index (χ0n) is 13.5. The highest BCUT2D eigenvalue weighted by molar-refractivity contribution is 6.67. The lowest BCUT2D eigenvalue weighted by Crippen LogP contribution is -2.39. The first kappa shape index (κ1) is 31.0. The van der Waals surface area contributed by atoms with Gasteiger partial charge in [-0.15, -0.1) is 0 Å². The van der Waals surface area contributed by atoms with Gasteiger partial charge in [-0.05, 0) is 35.3 Å². The van der Waals surface area contributed by atoms with Gasteiger partial charge in [0.25, 0.3) is 19.0 Å². The second kappa shape index (κ2) is 13.0. The van der Waals surface area contributed by atoms with E-state index in [1.165, 1.54) is 24.3 Å². The van der Waals surface area contributed by atoms with Crippen LogP contribution in [0.3, 0.4) is 0 Å². The van der Waals surface area contributed by atoms with E-state index >= 15 is 0 Å². The summed E-state index contributed by atoms with van der Waals surface area (Å²) in [7, 11) is -3.17. The molecule has 0 aliphatic heterocycles. The second-order valence-electron chi connectivity index (χ2n) is 4.55. The number of alkyl halides is 6. The van der Waals surface area contributed by atoms with E-state index in [2.05, 4.69) is 0 Å². The van der Waals surface area contributed by atoms with Crippen LogP contribution in [0, 0.1) is 0 Å². The molecule has 0 atom stereocenters. The number of nitrogens with zero attached hydrogens (tertiary/aromatic N) is 2. The van der Waals surface area contributed by atoms with Gasteiger partial charge in [0.2, 0.25) is 0 Å². The number of hydrogen-bond acceptors (Lipinski definition) is 2. The van der Waals surface area contributed by atoms with E-state index in [0.717, 1.165) is 0 Å². The maximum atomic E-state index is 13.2. The van der Waals surface area contributed by atoms with Gasteiger partial charge in [-0.25, -0.2) is 0 Å². The van der Waals surface area contributed by atoms with E-state index in [0.29, 0.717) is 0 Å². The molecule has 0 aliphatic rings. The Hall–Kier alpha value is 0.975. The third-order valence-corrected chi connectivity index (χ3v) is 5.19. The number of halogens is 13. The van der Waals surface area contributed by atoms with Crippen LogP contribution in [0.5, 0.6) is 0 Å². The average molecular weight is 631 g/mol. The van der Waals surface area contributed by atoms with E-state index in [-0.39, 0.29) is 41.3 Å². The Morgan fingerprint density at radius 1 is 0.667 bits per heavy atom.